The number of nitrogens with one attached hydrogen (secondary N) is 1. The third kappa shape index (κ3) is 4.06. The fraction of sp³-hybridized carbons (Fsp3) is 0.190. The molecule has 1 N–H and O–H groups in total. The highest BCUT2D eigenvalue weighted by atomic mass is 16.5. The predicted octanol–water partition coefficient (Wildman–Crippen LogP) is 2.79. The quantitative estimate of drug-likeness (QED) is 0.545. The zero-order chi connectivity index (χ0) is 20.2. The first-order chi connectivity index (χ1) is 14.1. The van der Waals surface area contributed by atoms with Crippen molar-refractivity contribution in [3.8, 4) is 17.1 Å². The molecule has 0 bridgehead atoms. The SMILES string of the molecule is Cc1nn(-c2ccccc2)c(C)c1CC(=O)NCc1nc(-c2ccncc2)no1. The van der Waals surface area contributed by atoms with E-state index in [2.05, 4.69) is 25.5 Å². The zero-order valence-corrected chi connectivity index (χ0v) is 16.2. The van der Waals surface area contributed by atoms with Crippen LogP contribution in [0.5, 0.6) is 0 Å². The molecule has 0 aliphatic carbocycles. The van der Waals surface area contributed by atoms with Crippen LogP contribution < -0.4 is 5.32 Å². The molecule has 1 aromatic carbocycles. The molecule has 8 nitrogen and oxygen atoms in total. The standard InChI is InChI=1S/C21H20N6O2/c1-14-18(15(2)27(25-14)17-6-4-3-5-7-17)12-19(28)23-13-20-24-21(26-29-20)16-8-10-22-11-9-16/h3-11H,12-13H2,1-2H3,(H,23,28). The molecule has 3 heterocycles. The van der Waals surface area contributed by atoms with Gasteiger partial charge in [-0.2, -0.15) is 10.1 Å². The van der Waals surface area contributed by atoms with Gasteiger partial charge in [-0.1, -0.05) is 23.4 Å². The summed E-state index contributed by atoms with van der Waals surface area (Å²) in [5.74, 6) is 0.679. The number of aryl methyl sites for hydroxylation is 1. The Hall–Kier alpha value is -3.81. The van der Waals surface area contributed by atoms with Gasteiger partial charge in [0.1, 0.15) is 0 Å². The highest BCUT2D eigenvalue weighted by Crippen LogP contribution is 2.18. The van der Waals surface area contributed by atoms with E-state index in [4.69, 9.17) is 4.52 Å². The van der Waals surface area contributed by atoms with E-state index in [0.717, 1.165) is 28.2 Å². The van der Waals surface area contributed by atoms with Gasteiger partial charge in [-0.15, -0.1) is 0 Å². The molecule has 0 fully saturated rings. The molecule has 3 aromatic heterocycles. The monoisotopic (exact) mass is 388 g/mol. The fourth-order valence-corrected chi connectivity index (χ4v) is 3.09. The van der Waals surface area contributed by atoms with Crippen LogP contribution in [0.2, 0.25) is 0 Å². The molecule has 0 unspecified atom stereocenters. The van der Waals surface area contributed by atoms with E-state index in [-0.39, 0.29) is 18.9 Å². The van der Waals surface area contributed by atoms with Gasteiger partial charge in [-0.3, -0.25) is 9.78 Å². The van der Waals surface area contributed by atoms with Crippen LogP contribution in [0.3, 0.4) is 0 Å². The smallest absolute Gasteiger partial charge is 0.246 e. The van der Waals surface area contributed by atoms with Crippen molar-refractivity contribution in [3.05, 3.63) is 77.7 Å². The van der Waals surface area contributed by atoms with Crippen molar-refractivity contribution < 1.29 is 9.32 Å². The predicted molar refractivity (Wildman–Crippen MR) is 106 cm³/mol. The minimum absolute atomic E-state index is 0.132. The number of pyridine rings is 1. The van der Waals surface area contributed by atoms with Crippen LogP contribution in [0.15, 0.2) is 59.4 Å². The highest BCUT2D eigenvalue weighted by Gasteiger charge is 2.16. The fourth-order valence-electron chi connectivity index (χ4n) is 3.09. The maximum atomic E-state index is 12.5. The van der Waals surface area contributed by atoms with Crippen LogP contribution in [-0.4, -0.2) is 30.8 Å². The molecular formula is C21H20N6O2. The Balaban J connectivity index is 1.41. The van der Waals surface area contributed by atoms with Crippen molar-refractivity contribution in [3.63, 3.8) is 0 Å². The summed E-state index contributed by atoms with van der Waals surface area (Å²) in [7, 11) is 0. The van der Waals surface area contributed by atoms with Crippen molar-refractivity contribution >= 4 is 5.91 Å². The Kier molecular flexibility index (Phi) is 5.15. The largest absolute Gasteiger partial charge is 0.347 e. The lowest BCUT2D eigenvalue weighted by atomic mass is 10.1. The van der Waals surface area contributed by atoms with E-state index < -0.39 is 0 Å². The maximum Gasteiger partial charge on any atom is 0.246 e. The lowest BCUT2D eigenvalue weighted by molar-refractivity contribution is -0.120. The van der Waals surface area contributed by atoms with E-state index >= 15 is 0 Å². The molecule has 0 atom stereocenters. The van der Waals surface area contributed by atoms with Crippen molar-refractivity contribution in [2.45, 2.75) is 26.8 Å². The molecule has 0 aliphatic rings. The van der Waals surface area contributed by atoms with Gasteiger partial charge in [0.05, 0.1) is 24.3 Å². The Morgan fingerprint density at radius 1 is 1.10 bits per heavy atom. The number of rotatable bonds is 6. The van der Waals surface area contributed by atoms with Gasteiger partial charge in [0.2, 0.25) is 17.6 Å². The van der Waals surface area contributed by atoms with Gasteiger partial charge >= 0.3 is 0 Å². The van der Waals surface area contributed by atoms with E-state index in [1.54, 1.807) is 24.5 Å². The summed E-state index contributed by atoms with van der Waals surface area (Å²) in [6.07, 6.45) is 3.55. The van der Waals surface area contributed by atoms with Gasteiger partial charge in [-0.05, 0) is 38.1 Å². The highest BCUT2D eigenvalue weighted by molar-refractivity contribution is 5.79. The second-order valence-corrected chi connectivity index (χ2v) is 6.60. The second-order valence-electron chi connectivity index (χ2n) is 6.60. The molecule has 4 rings (SSSR count). The second kappa shape index (κ2) is 8.05. The van der Waals surface area contributed by atoms with Crippen LogP contribution in [0, 0.1) is 13.8 Å². The van der Waals surface area contributed by atoms with Gasteiger partial charge in [0.15, 0.2) is 0 Å². The van der Waals surface area contributed by atoms with E-state index in [9.17, 15) is 4.79 Å². The molecule has 29 heavy (non-hydrogen) atoms. The number of carbonyl (C=O) groups is 1. The van der Waals surface area contributed by atoms with Crippen molar-refractivity contribution in [2.24, 2.45) is 0 Å². The number of aromatic nitrogens is 5. The Labute approximate surface area is 167 Å². The number of hydrogen-bond donors (Lipinski definition) is 1. The van der Waals surface area contributed by atoms with Gasteiger partial charge in [0.25, 0.3) is 0 Å². The Morgan fingerprint density at radius 2 is 1.86 bits per heavy atom. The molecule has 146 valence electrons. The normalized spacial score (nSPS) is 10.8. The third-order valence-corrected chi connectivity index (χ3v) is 4.62. The van der Waals surface area contributed by atoms with E-state index in [0.29, 0.717) is 11.7 Å². The van der Waals surface area contributed by atoms with Crippen LogP contribution >= 0.6 is 0 Å². The van der Waals surface area contributed by atoms with Crippen molar-refractivity contribution in [1.82, 2.24) is 30.2 Å². The summed E-state index contributed by atoms with van der Waals surface area (Å²) in [4.78, 5) is 20.7. The molecule has 0 saturated heterocycles. The first-order valence-electron chi connectivity index (χ1n) is 9.22. The number of carbonyl (C=O) groups excluding carboxylic acids is 1. The number of benzene rings is 1. The number of para-hydroxylation sites is 1. The number of hydrogen-bond acceptors (Lipinski definition) is 6. The first-order valence-corrected chi connectivity index (χ1v) is 9.22. The molecule has 0 saturated carbocycles. The van der Waals surface area contributed by atoms with E-state index in [1.807, 2.05) is 48.9 Å². The molecule has 0 radical (unpaired) electrons. The average molecular weight is 388 g/mol. The summed E-state index contributed by atoms with van der Waals surface area (Å²) in [5, 5.41) is 11.3. The molecule has 0 aliphatic heterocycles. The Morgan fingerprint density at radius 3 is 2.62 bits per heavy atom. The Bertz CT molecular complexity index is 1120. The minimum Gasteiger partial charge on any atom is -0.347 e. The van der Waals surface area contributed by atoms with E-state index in [1.165, 1.54) is 0 Å². The number of nitrogens with zero attached hydrogens (tertiary/aromatic N) is 5. The van der Waals surface area contributed by atoms with Crippen LogP contribution in [-0.2, 0) is 17.8 Å². The van der Waals surface area contributed by atoms with Crippen molar-refractivity contribution in [2.75, 3.05) is 0 Å². The van der Waals surface area contributed by atoms with Crippen molar-refractivity contribution in [1.29, 1.82) is 0 Å². The first kappa shape index (κ1) is 18.5. The summed E-state index contributed by atoms with van der Waals surface area (Å²) in [6, 6.07) is 13.4. The lowest BCUT2D eigenvalue weighted by Crippen LogP contribution is -2.25. The molecular weight excluding hydrogens is 368 g/mol. The van der Waals surface area contributed by atoms with Gasteiger partial charge in [-0.25, -0.2) is 4.68 Å². The van der Waals surface area contributed by atoms with Gasteiger partial charge < -0.3 is 9.84 Å². The molecule has 8 heteroatoms. The average Bonchev–Trinajstić information content (AvgIpc) is 3.34. The van der Waals surface area contributed by atoms with Crippen LogP contribution in [0.4, 0.5) is 0 Å². The van der Waals surface area contributed by atoms with Crippen LogP contribution in [0.1, 0.15) is 22.8 Å². The molecule has 0 spiro atoms. The summed E-state index contributed by atoms with van der Waals surface area (Å²) >= 11 is 0. The minimum atomic E-state index is -0.132. The summed E-state index contributed by atoms with van der Waals surface area (Å²) < 4.78 is 7.07. The summed E-state index contributed by atoms with van der Waals surface area (Å²) in [6.45, 7) is 4.05. The topological polar surface area (TPSA) is 98.7 Å². The number of amides is 1. The molecule has 1 amide bonds. The zero-order valence-electron chi connectivity index (χ0n) is 16.2. The third-order valence-electron chi connectivity index (χ3n) is 4.62. The summed E-state index contributed by atoms with van der Waals surface area (Å²) in [5.41, 5.74) is 4.46. The molecule has 4 aromatic rings. The van der Waals surface area contributed by atoms with Gasteiger partial charge in [0, 0.05) is 29.2 Å². The maximum absolute atomic E-state index is 12.5. The van der Waals surface area contributed by atoms with Crippen LogP contribution in [0.25, 0.3) is 17.1 Å². The lowest BCUT2D eigenvalue weighted by Gasteiger charge is -2.05.